The van der Waals surface area contributed by atoms with Gasteiger partial charge in [0.15, 0.2) is 0 Å². The Kier molecular flexibility index (Phi) is 5.72. The van der Waals surface area contributed by atoms with Crippen LogP contribution in [0.3, 0.4) is 0 Å². The number of benzene rings is 2. The van der Waals surface area contributed by atoms with Crippen molar-refractivity contribution < 1.29 is 19.0 Å². The van der Waals surface area contributed by atoms with Gasteiger partial charge in [-0.05, 0) is 96.4 Å². The van der Waals surface area contributed by atoms with Crippen LogP contribution in [0.1, 0.15) is 62.1 Å². The van der Waals surface area contributed by atoms with Crippen molar-refractivity contribution in [3.05, 3.63) is 64.7 Å². The summed E-state index contributed by atoms with van der Waals surface area (Å²) >= 11 is 0. The van der Waals surface area contributed by atoms with Crippen molar-refractivity contribution in [3.63, 3.8) is 0 Å². The average Bonchev–Trinajstić information content (AvgIpc) is 3.10. The fourth-order valence-corrected chi connectivity index (χ4v) is 6.95. The van der Waals surface area contributed by atoms with Crippen molar-refractivity contribution in [2.45, 2.75) is 58.0 Å². The molecule has 4 nitrogen and oxygen atoms in total. The number of fused-ring (bicyclic) bond motifs is 5. The molecular weight excluding hydrogens is 412 g/mol. The van der Waals surface area contributed by atoms with Crippen molar-refractivity contribution in [3.8, 4) is 11.5 Å². The summed E-state index contributed by atoms with van der Waals surface area (Å²) in [6.07, 6.45) is 7.58. The molecule has 0 N–H and O–H groups in total. The molecule has 0 heterocycles. The summed E-state index contributed by atoms with van der Waals surface area (Å²) in [4.78, 5) is 12.1. The van der Waals surface area contributed by atoms with Gasteiger partial charge in [-0.25, -0.2) is 0 Å². The third kappa shape index (κ3) is 3.84. The maximum Gasteiger partial charge on any atom is 0.303 e. The molecule has 2 saturated carbocycles. The molecule has 174 valence electrons. The van der Waals surface area contributed by atoms with Crippen molar-refractivity contribution in [1.82, 2.24) is 0 Å². The first-order valence-electron chi connectivity index (χ1n) is 12.1. The largest absolute Gasteiger partial charge is 0.497 e. The van der Waals surface area contributed by atoms with Gasteiger partial charge in [-0.3, -0.25) is 4.79 Å². The SMILES string of the molecule is COc1ccc(/C=C2\C[C@@H]3[C@@H]4CCc5cc(OC)ccc5[C@@H]4CC[C@]3(C)[C@H]2OC(C)=O)cc1. The number of carbonyl (C=O) groups is 1. The van der Waals surface area contributed by atoms with E-state index in [0.29, 0.717) is 17.8 Å². The van der Waals surface area contributed by atoms with E-state index in [-0.39, 0.29) is 17.5 Å². The highest BCUT2D eigenvalue weighted by molar-refractivity contribution is 5.67. The van der Waals surface area contributed by atoms with Crippen molar-refractivity contribution in [2.24, 2.45) is 17.3 Å². The van der Waals surface area contributed by atoms with E-state index >= 15 is 0 Å². The van der Waals surface area contributed by atoms with Crippen LogP contribution in [0.25, 0.3) is 6.08 Å². The molecule has 0 bridgehead atoms. The third-order valence-corrected chi connectivity index (χ3v) is 8.51. The fourth-order valence-electron chi connectivity index (χ4n) is 6.95. The van der Waals surface area contributed by atoms with E-state index < -0.39 is 0 Å². The zero-order chi connectivity index (χ0) is 23.2. The Bertz CT molecular complexity index is 1070. The van der Waals surface area contributed by atoms with Crippen LogP contribution in [0.4, 0.5) is 0 Å². The lowest BCUT2D eigenvalue weighted by atomic mass is 9.55. The molecule has 4 heteroatoms. The molecule has 33 heavy (non-hydrogen) atoms. The smallest absolute Gasteiger partial charge is 0.303 e. The van der Waals surface area contributed by atoms with Gasteiger partial charge in [-0.1, -0.05) is 31.2 Å². The molecule has 0 amide bonds. The van der Waals surface area contributed by atoms with Crippen molar-refractivity contribution >= 4 is 12.0 Å². The molecule has 0 unspecified atom stereocenters. The number of ether oxygens (including phenoxy) is 3. The lowest BCUT2D eigenvalue weighted by molar-refractivity contribution is -0.152. The van der Waals surface area contributed by atoms with Crippen LogP contribution >= 0.6 is 0 Å². The highest BCUT2D eigenvalue weighted by Crippen LogP contribution is 2.63. The molecular formula is C29H34O4. The number of esters is 1. The van der Waals surface area contributed by atoms with Crippen LogP contribution in [-0.4, -0.2) is 26.3 Å². The molecule has 2 aromatic carbocycles. The van der Waals surface area contributed by atoms with Gasteiger partial charge in [0.05, 0.1) is 14.2 Å². The van der Waals surface area contributed by atoms with Crippen LogP contribution in [0.2, 0.25) is 0 Å². The second-order valence-corrected chi connectivity index (χ2v) is 10.2. The molecule has 2 aromatic rings. The van der Waals surface area contributed by atoms with Gasteiger partial charge in [0, 0.05) is 12.3 Å². The van der Waals surface area contributed by atoms with Gasteiger partial charge >= 0.3 is 5.97 Å². The highest BCUT2D eigenvalue weighted by atomic mass is 16.5. The van der Waals surface area contributed by atoms with Gasteiger partial charge in [-0.15, -0.1) is 0 Å². The Morgan fingerprint density at radius 3 is 2.45 bits per heavy atom. The van der Waals surface area contributed by atoms with Gasteiger partial charge in [-0.2, -0.15) is 0 Å². The third-order valence-electron chi connectivity index (χ3n) is 8.51. The van der Waals surface area contributed by atoms with E-state index in [9.17, 15) is 4.79 Å². The van der Waals surface area contributed by atoms with Crippen LogP contribution in [0.15, 0.2) is 48.0 Å². The summed E-state index contributed by atoms with van der Waals surface area (Å²) in [5.41, 5.74) is 5.31. The number of rotatable bonds is 4. The maximum absolute atomic E-state index is 12.1. The predicted molar refractivity (Wildman–Crippen MR) is 130 cm³/mol. The standard InChI is InChI=1S/C29H34O4/c1-18(30)33-28-21(15-19-5-8-22(31-3)9-6-19)17-27-26-11-7-20-16-23(32-4)10-12-24(20)25(26)13-14-29(27,28)2/h5-6,8-10,12,15-16,25-28H,7,11,13-14,17H2,1-4H3/b21-15+/t25-,26+,27+,28-,29-/m0/s1. The maximum atomic E-state index is 12.1. The minimum absolute atomic E-state index is 0.0187. The summed E-state index contributed by atoms with van der Waals surface area (Å²) in [5, 5.41) is 0. The lowest BCUT2D eigenvalue weighted by Crippen LogP contribution is -2.45. The summed E-state index contributed by atoms with van der Waals surface area (Å²) in [6, 6.07) is 14.8. The molecule has 0 aromatic heterocycles. The first kappa shape index (κ1) is 22.1. The van der Waals surface area contributed by atoms with Gasteiger partial charge in [0.1, 0.15) is 17.6 Å². The Labute approximate surface area is 196 Å². The summed E-state index contributed by atoms with van der Waals surface area (Å²) in [7, 11) is 3.42. The number of carbonyl (C=O) groups excluding carboxylic acids is 1. The quantitative estimate of drug-likeness (QED) is 0.526. The second-order valence-electron chi connectivity index (χ2n) is 10.2. The van der Waals surface area contributed by atoms with Crippen LogP contribution in [0.5, 0.6) is 11.5 Å². The van der Waals surface area contributed by atoms with Crippen molar-refractivity contribution in [2.75, 3.05) is 14.2 Å². The normalized spacial score (nSPS) is 31.3. The van der Waals surface area contributed by atoms with E-state index in [1.807, 2.05) is 12.1 Å². The molecule has 0 radical (unpaired) electrons. The van der Waals surface area contributed by atoms with E-state index in [2.05, 4.69) is 43.3 Å². The number of hydrogen-bond donors (Lipinski definition) is 0. The zero-order valence-electron chi connectivity index (χ0n) is 20.1. The van der Waals surface area contributed by atoms with Crippen LogP contribution in [-0.2, 0) is 16.0 Å². The molecule has 3 aliphatic carbocycles. The first-order valence-corrected chi connectivity index (χ1v) is 12.1. The van der Waals surface area contributed by atoms with Gasteiger partial charge in [0.25, 0.3) is 0 Å². The number of hydrogen-bond acceptors (Lipinski definition) is 4. The highest BCUT2D eigenvalue weighted by Gasteiger charge is 2.58. The predicted octanol–water partition coefficient (Wildman–Crippen LogP) is 6.19. The van der Waals surface area contributed by atoms with Crippen LogP contribution < -0.4 is 9.47 Å². The summed E-state index contributed by atoms with van der Waals surface area (Å²) < 4.78 is 16.8. The van der Waals surface area contributed by atoms with E-state index in [1.54, 1.807) is 14.2 Å². The second kappa shape index (κ2) is 8.55. The summed E-state index contributed by atoms with van der Waals surface area (Å²) in [5.74, 6) is 3.32. The van der Waals surface area contributed by atoms with Crippen molar-refractivity contribution in [1.29, 1.82) is 0 Å². The monoisotopic (exact) mass is 446 g/mol. The molecule has 0 saturated heterocycles. The number of aryl methyl sites for hydroxylation is 1. The minimum Gasteiger partial charge on any atom is -0.497 e. The van der Waals surface area contributed by atoms with Gasteiger partial charge < -0.3 is 14.2 Å². The molecule has 5 atom stereocenters. The lowest BCUT2D eigenvalue weighted by Gasteiger charge is -2.50. The topological polar surface area (TPSA) is 44.8 Å². The summed E-state index contributed by atoms with van der Waals surface area (Å²) in [6.45, 7) is 3.90. The number of methoxy groups -OCH3 is 2. The average molecular weight is 447 g/mol. The first-order chi connectivity index (χ1) is 15.9. The Morgan fingerprint density at radius 2 is 1.76 bits per heavy atom. The van der Waals surface area contributed by atoms with Gasteiger partial charge in [0.2, 0.25) is 0 Å². The Balaban J connectivity index is 1.49. The van der Waals surface area contributed by atoms with E-state index in [4.69, 9.17) is 14.2 Å². The van der Waals surface area contributed by atoms with E-state index in [0.717, 1.165) is 42.7 Å². The molecule has 0 aliphatic heterocycles. The zero-order valence-corrected chi connectivity index (χ0v) is 20.1. The molecule has 5 rings (SSSR count). The van der Waals surface area contributed by atoms with Crippen LogP contribution in [0, 0.1) is 17.3 Å². The minimum atomic E-state index is -0.189. The molecule has 3 aliphatic rings. The molecule has 2 fully saturated rings. The molecule has 0 spiro atoms. The fraction of sp³-hybridized carbons (Fsp3) is 0.483. The Morgan fingerprint density at radius 1 is 1.03 bits per heavy atom. The Hall–Kier alpha value is -2.75. The van der Waals surface area contributed by atoms with E-state index in [1.165, 1.54) is 30.0 Å².